The van der Waals surface area contributed by atoms with Crippen molar-refractivity contribution in [1.82, 2.24) is 5.32 Å². The average molecular weight is 385 g/mol. The summed E-state index contributed by atoms with van der Waals surface area (Å²) < 4.78 is 5.22. The number of amides is 1. The molecule has 4 heteroatoms. The molecular weight excluding hydrogens is 362 g/mol. The number of methoxy groups -OCH3 is 1. The maximum absolute atomic E-state index is 13.4. The van der Waals surface area contributed by atoms with Crippen LogP contribution in [0.15, 0.2) is 91.0 Å². The van der Waals surface area contributed by atoms with Crippen LogP contribution in [0.1, 0.15) is 34.6 Å². The maximum atomic E-state index is 13.4. The van der Waals surface area contributed by atoms with Crippen molar-refractivity contribution >= 4 is 11.9 Å². The van der Waals surface area contributed by atoms with E-state index in [-0.39, 0.29) is 17.8 Å². The van der Waals surface area contributed by atoms with Gasteiger partial charge in [0, 0.05) is 5.92 Å². The number of rotatable bonds is 4. The molecule has 4 atom stereocenters. The van der Waals surface area contributed by atoms with Crippen molar-refractivity contribution in [3.8, 4) is 0 Å². The molecule has 1 saturated heterocycles. The fraction of sp³-hybridized carbons (Fsp3) is 0.200. The third-order valence-electron chi connectivity index (χ3n) is 5.66. The minimum atomic E-state index is -0.548. The van der Waals surface area contributed by atoms with Gasteiger partial charge in [-0.15, -0.1) is 0 Å². The second-order valence-electron chi connectivity index (χ2n) is 7.27. The summed E-state index contributed by atoms with van der Waals surface area (Å²) in [6, 6.07) is 28.6. The monoisotopic (exact) mass is 385 g/mol. The normalized spacial score (nSPS) is 23.8. The summed E-state index contributed by atoms with van der Waals surface area (Å²) in [5.74, 6) is -1.78. The summed E-state index contributed by atoms with van der Waals surface area (Å²) in [6.07, 6.45) is 0. The number of esters is 1. The zero-order valence-corrected chi connectivity index (χ0v) is 16.2. The first-order valence-electron chi connectivity index (χ1n) is 9.73. The molecule has 1 fully saturated rings. The lowest BCUT2D eigenvalue weighted by Crippen LogP contribution is -2.50. The SMILES string of the molecule is COC(=O)[C@@H]1[C@@H](c2ccccc2)[C@@H](c2ccccc2)C(=O)N[C@H]1c1ccccc1. The van der Waals surface area contributed by atoms with Crippen LogP contribution in [0.2, 0.25) is 0 Å². The Balaban J connectivity index is 1.89. The lowest BCUT2D eigenvalue weighted by atomic mass is 9.67. The van der Waals surface area contributed by atoms with Crippen molar-refractivity contribution in [3.63, 3.8) is 0 Å². The van der Waals surface area contributed by atoms with E-state index in [1.807, 2.05) is 91.0 Å². The van der Waals surface area contributed by atoms with Crippen LogP contribution >= 0.6 is 0 Å². The molecule has 0 aromatic heterocycles. The van der Waals surface area contributed by atoms with Gasteiger partial charge >= 0.3 is 5.97 Å². The molecule has 1 amide bonds. The molecule has 4 nitrogen and oxygen atoms in total. The average Bonchev–Trinajstić information content (AvgIpc) is 2.79. The molecule has 1 heterocycles. The third-order valence-corrected chi connectivity index (χ3v) is 5.66. The van der Waals surface area contributed by atoms with Gasteiger partial charge in [-0.1, -0.05) is 91.0 Å². The van der Waals surface area contributed by atoms with Crippen LogP contribution in [0.4, 0.5) is 0 Å². The maximum Gasteiger partial charge on any atom is 0.311 e. The first-order valence-corrected chi connectivity index (χ1v) is 9.73. The highest BCUT2D eigenvalue weighted by molar-refractivity contribution is 5.90. The summed E-state index contributed by atoms with van der Waals surface area (Å²) in [4.78, 5) is 26.4. The Bertz CT molecular complexity index is 973. The van der Waals surface area contributed by atoms with E-state index in [0.717, 1.165) is 16.7 Å². The fourth-order valence-corrected chi connectivity index (χ4v) is 4.37. The molecule has 3 aromatic rings. The van der Waals surface area contributed by atoms with E-state index in [1.165, 1.54) is 7.11 Å². The van der Waals surface area contributed by atoms with E-state index < -0.39 is 17.9 Å². The van der Waals surface area contributed by atoms with Gasteiger partial charge in [-0.05, 0) is 16.7 Å². The van der Waals surface area contributed by atoms with Crippen molar-refractivity contribution in [3.05, 3.63) is 108 Å². The van der Waals surface area contributed by atoms with Gasteiger partial charge in [-0.2, -0.15) is 0 Å². The Morgan fingerprint density at radius 3 is 1.76 bits per heavy atom. The van der Waals surface area contributed by atoms with Gasteiger partial charge in [0.15, 0.2) is 0 Å². The van der Waals surface area contributed by atoms with E-state index in [9.17, 15) is 9.59 Å². The summed E-state index contributed by atoms with van der Waals surface area (Å²) >= 11 is 0. The van der Waals surface area contributed by atoms with E-state index in [0.29, 0.717) is 0 Å². The molecule has 0 radical (unpaired) electrons. The first kappa shape index (κ1) is 18.9. The van der Waals surface area contributed by atoms with Gasteiger partial charge in [-0.3, -0.25) is 9.59 Å². The van der Waals surface area contributed by atoms with Crippen LogP contribution in [-0.4, -0.2) is 19.0 Å². The minimum Gasteiger partial charge on any atom is -0.469 e. The molecule has 29 heavy (non-hydrogen) atoms. The smallest absolute Gasteiger partial charge is 0.311 e. The number of nitrogens with one attached hydrogen (secondary N) is 1. The van der Waals surface area contributed by atoms with E-state index in [2.05, 4.69) is 5.32 Å². The summed E-state index contributed by atoms with van der Waals surface area (Å²) in [7, 11) is 1.40. The fourth-order valence-electron chi connectivity index (χ4n) is 4.37. The standard InChI is InChI=1S/C25H23NO3/c1-29-25(28)22-20(17-11-5-2-6-12-17)21(18-13-7-3-8-14-18)24(27)26-23(22)19-15-9-4-10-16-19/h2-16,20-23H,1H3,(H,26,27)/t20-,21+,22+,23-/m0/s1. The number of piperidine rings is 1. The molecule has 0 bridgehead atoms. The van der Waals surface area contributed by atoms with E-state index >= 15 is 0 Å². The lowest BCUT2D eigenvalue weighted by Gasteiger charge is -2.42. The van der Waals surface area contributed by atoms with Crippen LogP contribution in [-0.2, 0) is 14.3 Å². The highest BCUT2D eigenvalue weighted by Gasteiger charge is 2.49. The molecule has 3 aromatic carbocycles. The molecule has 0 aliphatic carbocycles. The summed E-state index contributed by atoms with van der Waals surface area (Å²) in [5.41, 5.74) is 2.73. The Morgan fingerprint density at radius 1 is 0.759 bits per heavy atom. The molecule has 0 saturated carbocycles. The molecule has 1 N–H and O–H groups in total. The largest absolute Gasteiger partial charge is 0.469 e. The Morgan fingerprint density at radius 2 is 1.24 bits per heavy atom. The Labute approximate surface area is 170 Å². The third kappa shape index (κ3) is 3.66. The number of hydrogen-bond acceptors (Lipinski definition) is 3. The van der Waals surface area contributed by atoms with Crippen LogP contribution in [0.5, 0.6) is 0 Å². The Hall–Kier alpha value is -3.40. The topological polar surface area (TPSA) is 55.4 Å². The van der Waals surface area contributed by atoms with Gasteiger partial charge in [0.05, 0.1) is 25.0 Å². The van der Waals surface area contributed by atoms with Gasteiger partial charge in [0.25, 0.3) is 0 Å². The number of hydrogen-bond donors (Lipinski definition) is 1. The molecule has 1 aliphatic rings. The number of benzene rings is 3. The predicted octanol–water partition coefficient (Wildman–Crippen LogP) is 4.21. The molecule has 0 spiro atoms. The van der Waals surface area contributed by atoms with Crippen LogP contribution in [0.3, 0.4) is 0 Å². The van der Waals surface area contributed by atoms with Crippen LogP contribution in [0.25, 0.3) is 0 Å². The highest BCUT2D eigenvalue weighted by Crippen LogP contribution is 2.48. The number of carbonyl (C=O) groups is 2. The van der Waals surface area contributed by atoms with Crippen LogP contribution < -0.4 is 5.32 Å². The van der Waals surface area contributed by atoms with Crippen LogP contribution in [0, 0.1) is 5.92 Å². The van der Waals surface area contributed by atoms with Gasteiger partial charge in [-0.25, -0.2) is 0 Å². The Kier molecular flexibility index (Phi) is 5.43. The number of ether oxygens (including phenoxy) is 1. The molecule has 0 unspecified atom stereocenters. The van der Waals surface area contributed by atoms with Gasteiger partial charge < -0.3 is 10.1 Å². The molecule has 146 valence electrons. The molecule has 1 aliphatic heterocycles. The van der Waals surface area contributed by atoms with Gasteiger partial charge in [0.2, 0.25) is 5.91 Å². The highest BCUT2D eigenvalue weighted by atomic mass is 16.5. The lowest BCUT2D eigenvalue weighted by molar-refractivity contribution is -0.150. The van der Waals surface area contributed by atoms with Crippen molar-refractivity contribution in [1.29, 1.82) is 0 Å². The first-order chi connectivity index (χ1) is 14.2. The molecular formula is C25H23NO3. The van der Waals surface area contributed by atoms with Crippen molar-refractivity contribution < 1.29 is 14.3 Å². The zero-order chi connectivity index (χ0) is 20.2. The zero-order valence-electron chi connectivity index (χ0n) is 16.2. The van der Waals surface area contributed by atoms with Crippen molar-refractivity contribution in [2.24, 2.45) is 5.92 Å². The summed E-state index contributed by atoms with van der Waals surface area (Å²) in [6.45, 7) is 0. The minimum absolute atomic E-state index is 0.0842. The second-order valence-corrected chi connectivity index (χ2v) is 7.27. The van der Waals surface area contributed by atoms with Crippen molar-refractivity contribution in [2.75, 3.05) is 7.11 Å². The number of carbonyl (C=O) groups excluding carboxylic acids is 2. The summed E-state index contributed by atoms with van der Waals surface area (Å²) in [5, 5.41) is 3.11. The quantitative estimate of drug-likeness (QED) is 0.685. The predicted molar refractivity (Wildman–Crippen MR) is 111 cm³/mol. The second kappa shape index (κ2) is 8.31. The molecule has 4 rings (SSSR count). The van der Waals surface area contributed by atoms with E-state index in [4.69, 9.17) is 4.74 Å². The van der Waals surface area contributed by atoms with Crippen molar-refractivity contribution in [2.45, 2.75) is 17.9 Å². The van der Waals surface area contributed by atoms with E-state index in [1.54, 1.807) is 0 Å². The van der Waals surface area contributed by atoms with Gasteiger partial charge in [0.1, 0.15) is 0 Å².